The molecule has 7 nitrogen and oxygen atoms in total. The molecule has 2 rings (SSSR count). The number of benzene rings is 1. The molecule has 1 unspecified atom stereocenters. The Morgan fingerprint density at radius 2 is 2.09 bits per heavy atom. The van der Waals surface area contributed by atoms with Gasteiger partial charge in [-0.3, -0.25) is 10.3 Å². The van der Waals surface area contributed by atoms with Crippen LogP contribution >= 0.6 is 0 Å². The zero-order valence-electron chi connectivity index (χ0n) is 12.8. The predicted molar refractivity (Wildman–Crippen MR) is 83.7 cm³/mol. The first-order chi connectivity index (χ1) is 10.6. The van der Waals surface area contributed by atoms with Crippen molar-refractivity contribution in [1.29, 1.82) is 0 Å². The number of urea groups is 1. The lowest BCUT2D eigenvalue weighted by Gasteiger charge is -2.23. The Bertz CT molecular complexity index is 533. The summed E-state index contributed by atoms with van der Waals surface area (Å²) in [4.78, 5) is 11.2. The molecule has 2 amide bonds. The van der Waals surface area contributed by atoms with Gasteiger partial charge >= 0.3 is 6.03 Å². The van der Waals surface area contributed by atoms with E-state index in [1.165, 1.54) is 0 Å². The number of amides is 2. The van der Waals surface area contributed by atoms with Crippen molar-refractivity contribution in [2.75, 3.05) is 25.3 Å². The quantitative estimate of drug-likeness (QED) is 0.661. The van der Waals surface area contributed by atoms with Gasteiger partial charge in [0.1, 0.15) is 5.82 Å². The standard InChI is InChI=1S/C15H22N4O3/c1-11-13(17-15(16)20)19(12-7-4-3-5-8-12)18-14(11)22-10-6-9-21-2/h3-5,7-8,14,18H,6,9-10H2,1-2H3,(H3,16,17,20). The summed E-state index contributed by atoms with van der Waals surface area (Å²) in [5.74, 6) is 0.593. The Balaban J connectivity index is 2.12. The number of rotatable bonds is 7. The highest BCUT2D eigenvalue weighted by atomic mass is 16.5. The van der Waals surface area contributed by atoms with Crippen LogP contribution in [0.3, 0.4) is 0 Å². The smallest absolute Gasteiger partial charge is 0.317 e. The molecule has 1 aliphatic heterocycles. The Kier molecular flexibility index (Phi) is 5.76. The number of para-hydroxylation sites is 1. The maximum atomic E-state index is 11.2. The van der Waals surface area contributed by atoms with Crippen molar-refractivity contribution < 1.29 is 14.3 Å². The number of nitrogens with one attached hydrogen (secondary N) is 2. The number of anilines is 1. The normalized spacial score (nSPS) is 17.9. The van der Waals surface area contributed by atoms with E-state index >= 15 is 0 Å². The monoisotopic (exact) mass is 306 g/mol. The van der Waals surface area contributed by atoms with E-state index in [-0.39, 0.29) is 6.23 Å². The van der Waals surface area contributed by atoms with E-state index in [1.807, 2.05) is 37.3 Å². The minimum absolute atomic E-state index is 0.320. The van der Waals surface area contributed by atoms with Crippen LogP contribution in [0.5, 0.6) is 0 Å². The van der Waals surface area contributed by atoms with Crippen LogP contribution in [-0.4, -0.2) is 32.6 Å². The van der Waals surface area contributed by atoms with E-state index in [4.69, 9.17) is 15.2 Å². The second-order valence-corrected chi connectivity index (χ2v) is 4.92. The molecule has 120 valence electrons. The molecular formula is C15H22N4O3. The first-order valence-electron chi connectivity index (χ1n) is 7.12. The third kappa shape index (κ3) is 3.97. The fourth-order valence-corrected chi connectivity index (χ4v) is 2.20. The molecule has 0 saturated heterocycles. The first kappa shape index (κ1) is 16.3. The van der Waals surface area contributed by atoms with Gasteiger partial charge in [0.05, 0.1) is 12.3 Å². The van der Waals surface area contributed by atoms with Gasteiger partial charge in [0.25, 0.3) is 0 Å². The molecule has 1 heterocycles. The van der Waals surface area contributed by atoms with Crippen LogP contribution < -0.4 is 21.5 Å². The minimum atomic E-state index is -0.614. The lowest BCUT2D eigenvalue weighted by Crippen LogP contribution is -2.43. The number of ether oxygens (including phenoxy) is 2. The number of methoxy groups -OCH3 is 1. The topological polar surface area (TPSA) is 88.8 Å². The molecule has 22 heavy (non-hydrogen) atoms. The van der Waals surface area contributed by atoms with Crippen molar-refractivity contribution in [2.24, 2.45) is 5.73 Å². The second kappa shape index (κ2) is 7.79. The van der Waals surface area contributed by atoms with Gasteiger partial charge in [-0.1, -0.05) is 18.2 Å². The number of hydrogen-bond donors (Lipinski definition) is 3. The Labute approximate surface area is 130 Å². The van der Waals surface area contributed by atoms with E-state index in [0.29, 0.717) is 19.0 Å². The molecule has 7 heteroatoms. The maximum Gasteiger partial charge on any atom is 0.317 e. The molecule has 0 spiro atoms. The van der Waals surface area contributed by atoms with Crippen molar-refractivity contribution in [3.63, 3.8) is 0 Å². The lowest BCUT2D eigenvalue weighted by molar-refractivity contribution is 0.0466. The highest BCUT2D eigenvalue weighted by Crippen LogP contribution is 2.25. The fourth-order valence-electron chi connectivity index (χ4n) is 2.20. The van der Waals surface area contributed by atoms with E-state index in [9.17, 15) is 4.79 Å². The van der Waals surface area contributed by atoms with Gasteiger partial charge in [-0.15, -0.1) is 0 Å². The summed E-state index contributed by atoms with van der Waals surface area (Å²) in [5.41, 5.74) is 10.2. The number of primary amides is 1. The van der Waals surface area contributed by atoms with Crippen molar-refractivity contribution in [3.05, 3.63) is 41.7 Å². The van der Waals surface area contributed by atoms with Gasteiger partial charge in [-0.25, -0.2) is 4.79 Å². The van der Waals surface area contributed by atoms with Crippen molar-refractivity contribution in [3.8, 4) is 0 Å². The van der Waals surface area contributed by atoms with Crippen LogP contribution in [0.15, 0.2) is 41.7 Å². The van der Waals surface area contributed by atoms with E-state index in [0.717, 1.165) is 17.7 Å². The maximum absolute atomic E-state index is 11.2. The van der Waals surface area contributed by atoms with Crippen molar-refractivity contribution in [2.45, 2.75) is 19.6 Å². The van der Waals surface area contributed by atoms with Gasteiger partial charge in [-0.2, -0.15) is 5.43 Å². The summed E-state index contributed by atoms with van der Waals surface area (Å²) in [5, 5.41) is 4.41. The minimum Gasteiger partial charge on any atom is -0.385 e. The predicted octanol–water partition coefficient (Wildman–Crippen LogP) is 1.29. The molecular weight excluding hydrogens is 284 g/mol. The summed E-state index contributed by atoms with van der Waals surface area (Å²) >= 11 is 0. The van der Waals surface area contributed by atoms with E-state index in [1.54, 1.807) is 12.1 Å². The molecule has 0 aromatic heterocycles. The van der Waals surface area contributed by atoms with E-state index < -0.39 is 6.03 Å². The third-order valence-corrected chi connectivity index (χ3v) is 3.27. The van der Waals surface area contributed by atoms with Crippen LogP contribution in [0.2, 0.25) is 0 Å². The number of hydrogen-bond acceptors (Lipinski definition) is 5. The largest absolute Gasteiger partial charge is 0.385 e. The highest BCUT2D eigenvalue weighted by molar-refractivity contribution is 5.75. The number of hydrazine groups is 1. The molecule has 0 radical (unpaired) electrons. The van der Waals surface area contributed by atoms with Crippen LogP contribution in [0.25, 0.3) is 0 Å². The molecule has 1 aromatic rings. The number of carbonyl (C=O) groups is 1. The molecule has 1 aromatic carbocycles. The van der Waals surface area contributed by atoms with Crippen LogP contribution in [-0.2, 0) is 9.47 Å². The molecule has 0 saturated carbocycles. The number of nitrogens with two attached hydrogens (primary N) is 1. The van der Waals surface area contributed by atoms with Crippen LogP contribution in [0.4, 0.5) is 10.5 Å². The third-order valence-electron chi connectivity index (χ3n) is 3.27. The van der Waals surface area contributed by atoms with Crippen LogP contribution in [0, 0.1) is 0 Å². The Morgan fingerprint density at radius 3 is 2.73 bits per heavy atom. The summed E-state index contributed by atoms with van der Waals surface area (Å²) in [7, 11) is 1.66. The molecule has 1 aliphatic rings. The summed E-state index contributed by atoms with van der Waals surface area (Å²) < 4.78 is 10.8. The van der Waals surface area contributed by atoms with Crippen molar-refractivity contribution >= 4 is 11.7 Å². The van der Waals surface area contributed by atoms with E-state index in [2.05, 4.69) is 10.7 Å². The molecule has 0 aliphatic carbocycles. The molecule has 1 atom stereocenters. The summed E-state index contributed by atoms with van der Waals surface area (Å²) in [6.45, 7) is 3.09. The first-order valence-corrected chi connectivity index (χ1v) is 7.12. The molecule has 0 fully saturated rings. The Morgan fingerprint density at radius 1 is 1.36 bits per heavy atom. The van der Waals surface area contributed by atoms with Gasteiger partial charge in [0.2, 0.25) is 0 Å². The van der Waals surface area contributed by atoms with Gasteiger partial charge in [0, 0.05) is 19.3 Å². The van der Waals surface area contributed by atoms with Gasteiger partial charge in [0.15, 0.2) is 6.23 Å². The lowest BCUT2D eigenvalue weighted by atomic mass is 10.2. The second-order valence-electron chi connectivity index (χ2n) is 4.92. The number of nitrogens with zero attached hydrogens (tertiary/aromatic N) is 1. The molecule has 0 bridgehead atoms. The highest BCUT2D eigenvalue weighted by Gasteiger charge is 2.30. The van der Waals surface area contributed by atoms with Crippen LogP contribution in [0.1, 0.15) is 13.3 Å². The van der Waals surface area contributed by atoms with Crippen molar-refractivity contribution in [1.82, 2.24) is 10.7 Å². The average Bonchev–Trinajstić information content (AvgIpc) is 2.81. The molecule has 4 N–H and O–H groups in total. The van der Waals surface area contributed by atoms with Gasteiger partial charge < -0.3 is 15.2 Å². The summed E-state index contributed by atoms with van der Waals surface area (Å²) in [6, 6.07) is 9.00. The zero-order valence-corrected chi connectivity index (χ0v) is 12.8. The average molecular weight is 306 g/mol. The Hall–Kier alpha value is -2.09. The summed E-state index contributed by atoms with van der Waals surface area (Å²) in [6.07, 6.45) is 0.477. The SMILES string of the molecule is COCCCOC1NN(c2ccccc2)C(NC(N)=O)=C1C. The fraction of sp³-hybridized carbons (Fsp3) is 0.400. The number of carbonyl (C=O) groups excluding carboxylic acids is 1. The zero-order chi connectivity index (χ0) is 15.9. The van der Waals surface area contributed by atoms with Gasteiger partial charge in [-0.05, 0) is 25.5 Å².